The summed E-state index contributed by atoms with van der Waals surface area (Å²) in [6, 6.07) is 7.17. The van der Waals surface area contributed by atoms with Gasteiger partial charge < -0.3 is 4.74 Å². The van der Waals surface area contributed by atoms with Crippen molar-refractivity contribution < 1.29 is 9.53 Å². The number of carbonyl (C=O) groups excluding carboxylic acids is 1. The molecule has 0 amide bonds. The predicted molar refractivity (Wildman–Crippen MR) is 70.3 cm³/mol. The summed E-state index contributed by atoms with van der Waals surface area (Å²) in [5.41, 5.74) is 1.73. The molecule has 17 heavy (non-hydrogen) atoms. The minimum atomic E-state index is 0.627. The lowest BCUT2D eigenvalue weighted by molar-refractivity contribution is 0.112. The first-order chi connectivity index (χ1) is 8.21. The third kappa shape index (κ3) is 3.91. The maximum Gasteiger partial charge on any atom is 0.150 e. The van der Waals surface area contributed by atoms with Gasteiger partial charge in [-0.1, -0.05) is 31.2 Å². The highest BCUT2D eigenvalue weighted by molar-refractivity contribution is 5.75. The molecule has 0 saturated heterocycles. The van der Waals surface area contributed by atoms with Gasteiger partial charge in [-0.3, -0.25) is 4.79 Å². The maximum atomic E-state index is 10.7. The van der Waals surface area contributed by atoms with Crippen molar-refractivity contribution in [2.24, 2.45) is 0 Å². The molecule has 0 fully saturated rings. The fourth-order valence-electron chi connectivity index (χ4n) is 1.57. The lowest BCUT2D eigenvalue weighted by atomic mass is 10.2. The van der Waals surface area contributed by atoms with Crippen LogP contribution in [0, 0.1) is 0 Å². The lowest BCUT2D eigenvalue weighted by Crippen LogP contribution is -1.97. The van der Waals surface area contributed by atoms with Gasteiger partial charge in [-0.2, -0.15) is 0 Å². The highest BCUT2D eigenvalue weighted by atomic mass is 16.5. The fourth-order valence-corrected chi connectivity index (χ4v) is 1.57. The Kier molecular flexibility index (Phi) is 5.21. The zero-order chi connectivity index (χ0) is 12.7. The first-order valence-corrected chi connectivity index (χ1v) is 5.76. The largest absolute Gasteiger partial charge is 0.461 e. The SMILES string of the molecule is C/C=C\C(C)=C(/CC)Oc1cccc(C=O)c1. The topological polar surface area (TPSA) is 26.3 Å². The molecule has 1 aromatic rings. The quantitative estimate of drug-likeness (QED) is 0.431. The van der Waals surface area contributed by atoms with Gasteiger partial charge in [0.25, 0.3) is 0 Å². The Bertz CT molecular complexity index is 442. The fraction of sp³-hybridized carbons (Fsp3) is 0.267. The predicted octanol–water partition coefficient (Wildman–Crippen LogP) is 4.14. The molecule has 0 atom stereocenters. The smallest absolute Gasteiger partial charge is 0.150 e. The minimum absolute atomic E-state index is 0.627. The molecule has 0 heterocycles. The average Bonchev–Trinajstić information content (AvgIpc) is 2.36. The van der Waals surface area contributed by atoms with Crippen molar-refractivity contribution >= 4 is 6.29 Å². The molecule has 0 unspecified atom stereocenters. The lowest BCUT2D eigenvalue weighted by Gasteiger charge is -2.10. The molecule has 0 aliphatic carbocycles. The molecule has 1 rings (SSSR count). The molecule has 0 N–H and O–H groups in total. The van der Waals surface area contributed by atoms with Crippen LogP contribution in [0.3, 0.4) is 0 Å². The van der Waals surface area contributed by atoms with Crippen LogP contribution < -0.4 is 4.74 Å². The zero-order valence-electron chi connectivity index (χ0n) is 10.6. The van der Waals surface area contributed by atoms with Crippen molar-refractivity contribution in [2.75, 3.05) is 0 Å². The van der Waals surface area contributed by atoms with Crippen molar-refractivity contribution in [3.05, 3.63) is 53.3 Å². The van der Waals surface area contributed by atoms with Gasteiger partial charge in [0.15, 0.2) is 0 Å². The van der Waals surface area contributed by atoms with Crippen molar-refractivity contribution in [1.29, 1.82) is 0 Å². The van der Waals surface area contributed by atoms with Crippen LogP contribution in [0.5, 0.6) is 5.75 Å². The highest BCUT2D eigenvalue weighted by Crippen LogP contribution is 2.19. The van der Waals surface area contributed by atoms with E-state index in [0.717, 1.165) is 24.0 Å². The van der Waals surface area contributed by atoms with Crippen LogP contribution >= 0.6 is 0 Å². The molecule has 0 radical (unpaired) electrons. The van der Waals surface area contributed by atoms with E-state index in [1.807, 2.05) is 45.1 Å². The standard InChI is InChI=1S/C15H18O2/c1-4-7-12(3)15(5-2)17-14-9-6-8-13(10-14)11-16/h4,6-11H,5H2,1-3H3/b7-4-,15-12+. The summed E-state index contributed by atoms with van der Waals surface area (Å²) in [6.07, 6.45) is 5.64. The van der Waals surface area contributed by atoms with E-state index >= 15 is 0 Å². The Morgan fingerprint density at radius 2 is 2.18 bits per heavy atom. The Labute approximate surface area is 103 Å². The van der Waals surface area contributed by atoms with Crippen LogP contribution in [0.1, 0.15) is 37.6 Å². The summed E-state index contributed by atoms with van der Waals surface area (Å²) in [5.74, 6) is 1.63. The summed E-state index contributed by atoms with van der Waals surface area (Å²) < 4.78 is 5.79. The Morgan fingerprint density at radius 1 is 1.41 bits per heavy atom. The van der Waals surface area contributed by atoms with Crippen LogP contribution in [0.25, 0.3) is 0 Å². The van der Waals surface area contributed by atoms with Crippen molar-refractivity contribution in [2.45, 2.75) is 27.2 Å². The van der Waals surface area contributed by atoms with Crippen molar-refractivity contribution in [1.82, 2.24) is 0 Å². The number of aldehydes is 1. The number of ether oxygens (including phenoxy) is 1. The Balaban J connectivity index is 2.94. The first kappa shape index (κ1) is 13.2. The second-order valence-electron chi connectivity index (χ2n) is 3.75. The number of carbonyl (C=O) groups is 1. The highest BCUT2D eigenvalue weighted by Gasteiger charge is 2.02. The van der Waals surface area contributed by atoms with Gasteiger partial charge in [0.05, 0.1) is 0 Å². The maximum absolute atomic E-state index is 10.7. The Hall–Kier alpha value is -1.83. The molecular weight excluding hydrogens is 212 g/mol. The van der Waals surface area contributed by atoms with Crippen LogP contribution in [0.15, 0.2) is 47.7 Å². The third-order valence-corrected chi connectivity index (χ3v) is 2.41. The van der Waals surface area contributed by atoms with Gasteiger partial charge >= 0.3 is 0 Å². The van der Waals surface area contributed by atoms with E-state index in [9.17, 15) is 4.79 Å². The van der Waals surface area contributed by atoms with Gasteiger partial charge in [0.1, 0.15) is 17.8 Å². The van der Waals surface area contributed by atoms with E-state index in [-0.39, 0.29) is 0 Å². The van der Waals surface area contributed by atoms with Crippen LogP contribution in [-0.4, -0.2) is 6.29 Å². The number of hydrogen-bond donors (Lipinski definition) is 0. The monoisotopic (exact) mass is 230 g/mol. The molecule has 0 aromatic heterocycles. The third-order valence-electron chi connectivity index (χ3n) is 2.41. The van der Waals surface area contributed by atoms with Gasteiger partial charge in [0, 0.05) is 12.0 Å². The number of allylic oxidation sites excluding steroid dienone is 4. The molecule has 90 valence electrons. The van der Waals surface area contributed by atoms with E-state index in [1.54, 1.807) is 12.1 Å². The molecule has 2 nitrogen and oxygen atoms in total. The summed E-state index contributed by atoms with van der Waals surface area (Å²) >= 11 is 0. The molecular formula is C15H18O2. The van der Waals surface area contributed by atoms with Crippen LogP contribution in [0.2, 0.25) is 0 Å². The second kappa shape index (κ2) is 6.69. The van der Waals surface area contributed by atoms with E-state index < -0.39 is 0 Å². The van der Waals surface area contributed by atoms with E-state index in [1.165, 1.54) is 0 Å². The first-order valence-electron chi connectivity index (χ1n) is 5.76. The molecule has 1 aromatic carbocycles. The number of rotatable bonds is 5. The molecule has 0 spiro atoms. The van der Waals surface area contributed by atoms with E-state index in [4.69, 9.17) is 4.74 Å². The summed E-state index contributed by atoms with van der Waals surface area (Å²) in [6.45, 7) is 6.04. The van der Waals surface area contributed by atoms with E-state index in [2.05, 4.69) is 0 Å². The Morgan fingerprint density at radius 3 is 2.76 bits per heavy atom. The van der Waals surface area contributed by atoms with Crippen LogP contribution in [-0.2, 0) is 0 Å². The average molecular weight is 230 g/mol. The van der Waals surface area contributed by atoms with Crippen LogP contribution in [0.4, 0.5) is 0 Å². The molecule has 0 bridgehead atoms. The molecule has 0 aliphatic rings. The number of benzene rings is 1. The summed E-state index contributed by atoms with van der Waals surface area (Å²) in [7, 11) is 0. The van der Waals surface area contributed by atoms with Gasteiger partial charge in [-0.05, 0) is 31.6 Å². The second-order valence-corrected chi connectivity index (χ2v) is 3.75. The summed E-state index contributed by atoms with van der Waals surface area (Å²) in [5, 5.41) is 0. The normalized spacial score (nSPS) is 12.4. The minimum Gasteiger partial charge on any atom is -0.461 e. The summed E-state index contributed by atoms with van der Waals surface area (Å²) in [4.78, 5) is 10.7. The van der Waals surface area contributed by atoms with Crippen molar-refractivity contribution in [3.8, 4) is 5.75 Å². The number of hydrogen-bond acceptors (Lipinski definition) is 2. The zero-order valence-corrected chi connectivity index (χ0v) is 10.6. The van der Waals surface area contributed by atoms with E-state index in [0.29, 0.717) is 11.3 Å². The van der Waals surface area contributed by atoms with Gasteiger partial charge in [0.2, 0.25) is 0 Å². The van der Waals surface area contributed by atoms with Gasteiger partial charge in [-0.25, -0.2) is 0 Å². The molecule has 0 aliphatic heterocycles. The molecule has 2 heteroatoms. The molecule has 0 saturated carbocycles. The van der Waals surface area contributed by atoms with Crippen molar-refractivity contribution in [3.63, 3.8) is 0 Å². The van der Waals surface area contributed by atoms with Gasteiger partial charge in [-0.15, -0.1) is 0 Å².